The summed E-state index contributed by atoms with van der Waals surface area (Å²) in [5.41, 5.74) is 11.4. The van der Waals surface area contributed by atoms with E-state index in [0.29, 0.717) is 0 Å². The summed E-state index contributed by atoms with van der Waals surface area (Å²) in [6.07, 6.45) is 6.09. The van der Waals surface area contributed by atoms with Gasteiger partial charge in [0.05, 0.1) is 0 Å². The highest BCUT2D eigenvalue weighted by molar-refractivity contribution is 6.15. The van der Waals surface area contributed by atoms with E-state index in [1.165, 1.54) is 81.7 Å². The third kappa shape index (κ3) is 5.09. The van der Waals surface area contributed by atoms with Crippen LogP contribution in [0.25, 0.3) is 115 Å². The van der Waals surface area contributed by atoms with Crippen molar-refractivity contribution in [3.8, 4) is 33.4 Å². The predicted octanol–water partition coefficient (Wildman–Crippen LogP) is 15.9. The summed E-state index contributed by atoms with van der Waals surface area (Å²) in [6.45, 7) is 6.20. The van der Waals surface area contributed by atoms with Gasteiger partial charge in [-0.1, -0.05) is 146 Å². The van der Waals surface area contributed by atoms with Crippen molar-refractivity contribution in [3.63, 3.8) is 0 Å². The zero-order valence-corrected chi connectivity index (χ0v) is 31.0. The van der Waals surface area contributed by atoms with E-state index in [0.717, 1.165) is 38.6 Å². The molecule has 1 heterocycles. The molecule has 0 amide bonds. The first-order chi connectivity index (χ1) is 27.6. The molecule has 0 aliphatic carbocycles. The van der Waals surface area contributed by atoms with Crippen molar-refractivity contribution < 1.29 is 4.42 Å². The minimum Gasteiger partial charge on any atom is -0.456 e. The summed E-state index contributed by atoms with van der Waals surface area (Å²) in [5.74, 6) is 0. The monoisotopic (exact) mass is 712 g/mol. The van der Waals surface area contributed by atoms with E-state index in [1.54, 1.807) is 0 Å². The fraction of sp³-hybridized carbons (Fsp3) is 0.0182. The van der Waals surface area contributed by atoms with Crippen LogP contribution in [0.5, 0.6) is 0 Å². The smallest absolute Gasteiger partial charge is 0.136 e. The van der Waals surface area contributed by atoms with Gasteiger partial charge >= 0.3 is 0 Å². The molecule has 0 aliphatic heterocycles. The SMILES string of the molecule is C=C/C=C\c1c(-c2ccc3ccc(-c4ccc5c(c4)oc4cc(-c6cc7ccccc7c7ccccc67)ccc45)cc3c2)cc2c(ccc3ccccc32)c1C. The topological polar surface area (TPSA) is 13.1 Å². The van der Waals surface area contributed by atoms with Crippen LogP contribution in [0.4, 0.5) is 0 Å². The summed E-state index contributed by atoms with van der Waals surface area (Å²) in [6, 6.07) is 62.1. The number of hydrogen-bond acceptors (Lipinski definition) is 1. The molecule has 11 aromatic rings. The van der Waals surface area contributed by atoms with Gasteiger partial charge in [-0.25, -0.2) is 0 Å². The third-order valence-electron chi connectivity index (χ3n) is 11.8. The van der Waals surface area contributed by atoms with Gasteiger partial charge in [0.1, 0.15) is 11.2 Å². The van der Waals surface area contributed by atoms with E-state index in [-0.39, 0.29) is 0 Å². The molecule has 0 atom stereocenters. The molecular formula is C55H36O. The Labute approximate surface area is 325 Å². The second-order valence-corrected chi connectivity index (χ2v) is 14.9. The lowest BCUT2D eigenvalue weighted by molar-refractivity contribution is 0.669. The fourth-order valence-electron chi connectivity index (χ4n) is 8.98. The zero-order chi connectivity index (χ0) is 37.3. The van der Waals surface area contributed by atoms with Gasteiger partial charge in [0.2, 0.25) is 0 Å². The van der Waals surface area contributed by atoms with Crippen molar-refractivity contribution in [2.45, 2.75) is 6.92 Å². The summed E-state index contributed by atoms with van der Waals surface area (Å²) in [5, 5.41) is 14.8. The number of allylic oxidation sites excluding steroid dienone is 2. The first-order valence-electron chi connectivity index (χ1n) is 19.3. The highest BCUT2D eigenvalue weighted by Gasteiger charge is 2.15. The van der Waals surface area contributed by atoms with Crippen LogP contribution >= 0.6 is 0 Å². The Morgan fingerprint density at radius 2 is 0.946 bits per heavy atom. The van der Waals surface area contributed by atoms with E-state index in [2.05, 4.69) is 189 Å². The molecule has 0 saturated carbocycles. The van der Waals surface area contributed by atoms with E-state index in [9.17, 15) is 0 Å². The first-order valence-corrected chi connectivity index (χ1v) is 19.3. The predicted molar refractivity (Wildman–Crippen MR) is 242 cm³/mol. The minimum atomic E-state index is 0.893. The van der Waals surface area contributed by atoms with Crippen LogP contribution in [0.3, 0.4) is 0 Å². The largest absolute Gasteiger partial charge is 0.456 e. The highest BCUT2D eigenvalue weighted by atomic mass is 16.3. The summed E-state index contributed by atoms with van der Waals surface area (Å²) < 4.78 is 6.65. The summed E-state index contributed by atoms with van der Waals surface area (Å²) >= 11 is 0. The lowest BCUT2D eigenvalue weighted by Crippen LogP contribution is -1.92. The average molecular weight is 713 g/mol. The van der Waals surface area contributed by atoms with Gasteiger partial charge in [-0.15, -0.1) is 0 Å². The second-order valence-electron chi connectivity index (χ2n) is 14.9. The number of hydrogen-bond donors (Lipinski definition) is 0. The van der Waals surface area contributed by atoms with Gasteiger partial charge in [0.25, 0.3) is 0 Å². The lowest BCUT2D eigenvalue weighted by atomic mass is 9.88. The Morgan fingerprint density at radius 3 is 1.73 bits per heavy atom. The van der Waals surface area contributed by atoms with Crippen molar-refractivity contribution >= 4 is 81.9 Å². The normalized spacial score (nSPS) is 12.0. The molecule has 0 radical (unpaired) electrons. The van der Waals surface area contributed by atoms with Crippen molar-refractivity contribution in [2.75, 3.05) is 0 Å². The second kappa shape index (κ2) is 12.7. The molecule has 0 spiro atoms. The summed E-state index contributed by atoms with van der Waals surface area (Å²) in [7, 11) is 0. The highest BCUT2D eigenvalue weighted by Crippen LogP contribution is 2.41. The molecule has 1 aromatic heterocycles. The van der Waals surface area contributed by atoms with Crippen LogP contribution in [0, 0.1) is 6.92 Å². The van der Waals surface area contributed by atoms with Gasteiger partial charge in [0.15, 0.2) is 0 Å². The fourth-order valence-corrected chi connectivity index (χ4v) is 8.98. The molecule has 1 nitrogen and oxygen atoms in total. The van der Waals surface area contributed by atoms with Gasteiger partial charge in [-0.05, 0) is 154 Å². The molecule has 56 heavy (non-hydrogen) atoms. The quantitative estimate of drug-likeness (QED) is 0.128. The maximum atomic E-state index is 6.65. The number of furan rings is 1. The lowest BCUT2D eigenvalue weighted by Gasteiger charge is -2.16. The van der Waals surface area contributed by atoms with Crippen LogP contribution in [0.15, 0.2) is 193 Å². The molecule has 0 N–H and O–H groups in total. The van der Waals surface area contributed by atoms with Crippen LogP contribution in [-0.2, 0) is 0 Å². The summed E-state index contributed by atoms with van der Waals surface area (Å²) in [4.78, 5) is 0. The molecule has 0 bridgehead atoms. The van der Waals surface area contributed by atoms with Crippen molar-refractivity contribution in [3.05, 3.63) is 200 Å². The maximum absolute atomic E-state index is 6.65. The Kier molecular flexibility index (Phi) is 7.30. The van der Waals surface area contributed by atoms with Crippen molar-refractivity contribution in [2.24, 2.45) is 0 Å². The molecule has 0 aliphatic rings. The van der Waals surface area contributed by atoms with Crippen molar-refractivity contribution in [1.82, 2.24) is 0 Å². The van der Waals surface area contributed by atoms with E-state index < -0.39 is 0 Å². The Morgan fingerprint density at radius 1 is 0.393 bits per heavy atom. The molecule has 0 saturated heterocycles. The molecule has 262 valence electrons. The number of aryl methyl sites for hydroxylation is 1. The Bertz CT molecular complexity index is 3450. The van der Waals surface area contributed by atoms with Gasteiger partial charge in [-0.3, -0.25) is 0 Å². The first kappa shape index (κ1) is 32.2. The van der Waals surface area contributed by atoms with Crippen LogP contribution in [0.2, 0.25) is 0 Å². The number of rotatable bonds is 5. The molecule has 10 aromatic carbocycles. The van der Waals surface area contributed by atoms with Gasteiger partial charge in [-0.2, -0.15) is 0 Å². The van der Waals surface area contributed by atoms with Crippen LogP contribution in [-0.4, -0.2) is 0 Å². The number of fused-ring (bicyclic) bond motifs is 10. The third-order valence-corrected chi connectivity index (χ3v) is 11.8. The van der Waals surface area contributed by atoms with Gasteiger partial charge in [0, 0.05) is 10.8 Å². The average Bonchev–Trinajstić information content (AvgIpc) is 3.62. The van der Waals surface area contributed by atoms with Gasteiger partial charge < -0.3 is 4.42 Å². The maximum Gasteiger partial charge on any atom is 0.136 e. The molecular weight excluding hydrogens is 677 g/mol. The van der Waals surface area contributed by atoms with E-state index in [4.69, 9.17) is 4.42 Å². The van der Waals surface area contributed by atoms with E-state index in [1.807, 2.05) is 12.2 Å². The zero-order valence-electron chi connectivity index (χ0n) is 31.0. The van der Waals surface area contributed by atoms with Crippen LogP contribution < -0.4 is 0 Å². The minimum absolute atomic E-state index is 0.893. The molecule has 0 unspecified atom stereocenters. The molecule has 1 heteroatoms. The standard InChI is InChI=1S/C55H36O/c1-3-4-13-43-34(2)44-25-22-36-11-5-7-14-45(36)53(44)33-52(43)40-21-19-35-18-20-37(28-42(35)29-40)38-23-26-49-50-27-24-41(32-55(50)56-54(49)31-38)51-30-39-12-6-8-15-46(39)47-16-9-10-17-48(47)51/h3-33H,1H2,2H3/b13-4-. The Hall–Kier alpha value is -7.22. The molecule has 0 fully saturated rings. The van der Waals surface area contributed by atoms with E-state index >= 15 is 0 Å². The van der Waals surface area contributed by atoms with Crippen molar-refractivity contribution in [1.29, 1.82) is 0 Å². The number of benzene rings is 10. The Balaban J connectivity index is 1.01. The van der Waals surface area contributed by atoms with Crippen LogP contribution in [0.1, 0.15) is 11.1 Å². The molecule has 11 rings (SSSR count).